The molecule has 1 heterocycles. The van der Waals surface area contributed by atoms with Crippen LogP contribution in [0, 0.1) is 0 Å². The highest BCUT2D eigenvalue weighted by Crippen LogP contribution is 2.15. The fraction of sp³-hybridized carbons (Fsp3) is 0.214. The van der Waals surface area contributed by atoms with E-state index in [9.17, 15) is 13.2 Å². The van der Waals surface area contributed by atoms with Gasteiger partial charge in [-0.05, 0) is 30.0 Å². The molecule has 0 bridgehead atoms. The molecule has 0 aliphatic rings. The largest absolute Gasteiger partial charge is 0.352 e. The summed E-state index contributed by atoms with van der Waals surface area (Å²) in [5.41, 5.74) is 0.196. The SMILES string of the molecule is CS(=O)(=O)c1ccccc1C(=O)NCCc1cccs1. The van der Waals surface area contributed by atoms with Gasteiger partial charge in [0.2, 0.25) is 0 Å². The van der Waals surface area contributed by atoms with Gasteiger partial charge in [0.15, 0.2) is 9.84 Å². The number of thiophene rings is 1. The van der Waals surface area contributed by atoms with E-state index in [0.717, 1.165) is 12.7 Å². The fourth-order valence-electron chi connectivity index (χ4n) is 1.83. The molecule has 0 spiro atoms. The van der Waals surface area contributed by atoms with E-state index in [1.807, 2.05) is 17.5 Å². The molecule has 1 amide bonds. The highest BCUT2D eigenvalue weighted by Gasteiger charge is 2.17. The van der Waals surface area contributed by atoms with Crippen LogP contribution in [0.3, 0.4) is 0 Å². The number of sulfone groups is 1. The first-order chi connectivity index (χ1) is 9.48. The van der Waals surface area contributed by atoms with Gasteiger partial charge in [-0.15, -0.1) is 11.3 Å². The first kappa shape index (κ1) is 14.7. The van der Waals surface area contributed by atoms with Gasteiger partial charge in [0, 0.05) is 17.7 Å². The smallest absolute Gasteiger partial charge is 0.252 e. The normalized spacial score (nSPS) is 11.2. The third-order valence-corrected chi connectivity index (χ3v) is 4.86. The van der Waals surface area contributed by atoms with Crippen LogP contribution in [0.25, 0.3) is 0 Å². The Hall–Kier alpha value is -1.66. The van der Waals surface area contributed by atoms with Gasteiger partial charge in [0.1, 0.15) is 0 Å². The summed E-state index contributed by atoms with van der Waals surface area (Å²) in [6, 6.07) is 10.2. The van der Waals surface area contributed by atoms with Crippen LogP contribution < -0.4 is 5.32 Å². The molecule has 0 saturated carbocycles. The molecule has 106 valence electrons. The maximum atomic E-state index is 12.1. The minimum Gasteiger partial charge on any atom is -0.352 e. The lowest BCUT2D eigenvalue weighted by atomic mass is 10.2. The first-order valence-electron chi connectivity index (χ1n) is 6.08. The van der Waals surface area contributed by atoms with E-state index in [1.165, 1.54) is 17.0 Å². The van der Waals surface area contributed by atoms with Crippen LogP contribution >= 0.6 is 11.3 Å². The maximum absolute atomic E-state index is 12.1. The summed E-state index contributed by atoms with van der Waals surface area (Å²) < 4.78 is 23.3. The van der Waals surface area contributed by atoms with Crippen LogP contribution in [0.15, 0.2) is 46.7 Å². The molecule has 0 radical (unpaired) electrons. The molecule has 4 nitrogen and oxygen atoms in total. The van der Waals surface area contributed by atoms with Crippen LogP contribution in [-0.2, 0) is 16.3 Å². The molecule has 6 heteroatoms. The highest BCUT2D eigenvalue weighted by atomic mass is 32.2. The summed E-state index contributed by atoms with van der Waals surface area (Å²) in [5.74, 6) is -0.359. The highest BCUT2D eigenvalue weighted by molar-refractivity contribution is 7.90. The topological polar surface area (TPSA) is 63.2 Å². The molecule has 0 atom stereocenters. The molecule has 2 aromatic rings. The lowest BCUT2D eigenvalue weighted by Crippen LogP contribution is -2.27. The van der Waals surface area contributed by atoms with E-state index in [-0.39, 0.29) is 16.4 Å². The Morgan fingerprint density at radius 1 is 1.20 bits per heavy atom. The molecule has 1 N–H and O–H groups in total. The monoisotopic (exact) mass is 309 g/mol. The lowest BCUT2D eigenvalue weighted by molar-refractivity contribution is 0.0951. The van der Waals surface area contributed by atoms with Crippen LogP contribution in [0.1, 0.15) is 15.2 Å². The number of carbonyl (C=O) groups is 1. The molecule has 1 aromatic carbocycles. The van der Waals surface area contributed by atoms with Crippen LogP contribution in [0.4, 0.5) is 0 Å². The Labute approximate surface area is 122 Å². The molecule has 20 heavy (non-hydrogen) atoms. The molecule has 0 saturated heterocycles. The van der Waals surface area contributed by atoms with E-state index in [0.29, 0.717) is 6.54 Å². The van der Waals surface area contributed by atoms with Crippen molar-refractivity contribution in [1.29, 1.82) is 0 Å². The molecule has 2 rings (SSSR count). The van der Waals surface area contributed by atoms with Crippen molar-refractivity contribution in [3.05, 3.63) is 52.2 Å². The number of hydrogen-bond donors (Lipinski definition) is 1. The Bertz CT molecular complexity index is 691. The number of hydrogen-bond acceptors (Lipinski definition) is 4. The van der Waals surface area contributed by atoms with Crippen molar-refractivity contribution in [3.63, 3.8) is 0 Å². The average Bonchev–Trinajstić information content (AvgIpc) is 2.91. The van der Waals surface area contributed by atoms with Crippen molar-refractivity contribution >= 4 is 27.1 Å². The summed E-state index contributed by atoms with van der Waals surface area (Å²) in [6.45, 7) is 0.484. The van der Waals surface area contributed by atoms with E-state index in [2.05, 4.69) is 5.32 Å². The van der Waals surface area contributed by atoms with Crippen LogP contribution in [-0.4, -0.2) is 27.1 Å². The van der Waals surface area contributed by atoms with E-state index < -0.39 is 9.84 Å². The van der Waals surface area contributed by atoms with Crippen molar-refractivity contribution in [1.82, 2.24) is 5.32 Å². The molecular formula is C14H15NO3S2. The molecule has 0 aliphatic heterocycles. The minimum absolute atomic E-state index is 0.0635. The van der Waals surface area contributed by atoms with Crippen molar-refractivity contribution in [2.75, 3.05) is 12.8 Å². The Balaban J connectivity index is 2.06. The van der Waals surface area contributed by atoms with Crippen molar-refractivity contribution in [2.45, 2.75) is 11.3 Å². The summed E-state index contributed by atoms with van der Waals surface area (Å²) in [7, 11) is -3.41. The third-order valence-electron chi connectivity index (χ3n) is 2.77. The summed E-state index contributed by atoms with van der Waals surface area (Å²) in [6.07, 6.45) is 1.84. The number of nitrogens with one attached hydrogen (secondary N) is 1. The van der Waals surface area contributed by atoms with E-state index in [4.69, 9.17) is 0 Å². The van der Waals surface area contributed by atoms with Gasteiger partial charge in [-0.25, -0.2) is 8.42 Å². The fourth-order valence-corrected chi connectivity index (χ4v) is 3.42. The predicted molar refractivity (Wildman–Crippen MR) is 79.9 cm³/mol. The Kier molecular flexibility index (Phi) is 4.57. The first-order valence-corrected chi connectivity index (χ1v) is 8.85. The lowest BCUT2D eigenvalue weighted by Gasteiger charge is -2.08. The molecule has 0 aliphatic carbocycles. The molecule has 0 fully saturated rings. The molecule has 1 aromatic heterocycles. The zero-order valence-electron chi connectivity index (χ0n) is 11.0. The number of benzene rings is 1. The number of amides is 1. The van der Waals surface area contributed by atoms with Crippen molar-refractivity contribution in [2.24, 2.45) is 0 Å². The Morgan fingerprint density at radius 3 is 2.60 bits per heavy atom. The third kappa shape index (κ3) is 3.68. The van der Waals surface area contributed by atoms with E-state index in [1.54, 1.807) is 23.5 Å². The second kappa shape index (κ2) is 6.19. The molecule has 0 unspecified atom stereocenters. The average molecular weight is 309 g/mol. The van der Waals surface area contributed by atoms with Gasteiger partial charge >= 0.3 is 0 Å². The summed E-state index contributed by atoms with van der Waals surface area (Å²) >= 11 is 1.63. The predicted octanol–water partition coefficient (Wildman–Crippen LogP) is 2.12. The van der Waals surface area contributed by atoms with Gasteiger partial charge in [0.05, 0.1) is 10.5 Å². The van der Waals surface area contributed by atoms with Crippen molar-refractivity contribution in [3.8, 4) is 0 Å². The van der Waals surface area contributed by atoms with Crippen LogP contribution in [0.5, 0.6) is 0 Å². The van der Waals surface area contributed by atoms with Gasteiger partial charge in [0.25, 0.3) is 5.91 Å². The number of rotatable bonds is 5. The van der Waals surface area contributed by atoms with Gasteiger partial charge < -0.3 is 5.32 Å². The summed E-state index contributed by atoms with van der Waals surface area (Å²) in [5, 5.41) is 4.74. The second-order valence-electron chi connectivity index (χ2n) is 4.35. The maximum Gasteiger partial charge on any atom is 0.252 e. The van der Waals surface area contributed by atoms with Crippen molar-refractivity contribution < 1.29 is 13.2 Å². The summed E-state index contributed by atoms with van der Waals surface area (Å²) in [4.78, 5) is 13.3. The Morgan fingerprint density at radius 2 is 1.95 bits per heavy atom. The standard InChI is InChI=1S/C14H15NO3S2/c1-20(17,18)13-7-3-2-6-12(13)14(16)15-9-8-11-5-4-10-19-11/h2-7,10H,8-9H2,1H3,(H,15,16). The second-order valence-corrected chi connectivity index (χ2v) is 7.37. The zero-order chi connectivity index (χ0) is 14.6. The van der Waals surface area contributed by atoms with E-state index >= 15 is 0 Å². The van der Waals surface area contributed by atoms with Gasteiger partial charge in [-0.3, -0.25) is 4.79 Å². The quantitative estimate of drug-likeness (QED) is 0.920. The van der Waals surface area contributed by atoms with Gasteiger partial charge in [-0.1, -0.05) is 18.2 Å². The van der Waals surface area contributed by atoms with Gasteiger partial charge in [-0.2, -0.15) is 0 Å². The zero-order valence-corrected chi connectivity index (χ0v) is 12.6. The van der Waals surface area contributed by atoms with Crippen LogP contribution in [0.2, 0.25) is 0 Å². The minimum atomic E-state index is -3.41. The number of carbonyl (C=O) groups excluding carboxylic acids is 1. The molecular weight excluding hydrogens is 294 g/mol.